The van der Waals surface area contributed by atoms with Crippen molar-refractivity contribution in [2.75, 3.05) is 9.80 Å². The van der Waals surface area contributed by atoms with Crippen LogP contribution in [0.15, 0.2) is 158 Å². The monoisotopic (exact) mass is 706 g/mol. The Labute approximate surface area is 318 Å². The fourth-order valence-corrected chi connectivity index (χ4v) is 7.62. The van der Waals surface area contributed by atoms with Gasteiger partial charge in [0.15, 0.2) is 0 Å². The topological polar surface area (TPSA) is 46.9 Å². The van der Waals surface area contributed by atoms with Gasteiger partial charge >= 0.3 is 0 Å². The second-order valence-corrected chi connectivity index (χ2v) is 16.3. The first-order valence-corrected chi connectivity index (χ1v) is 18.6. The van der Waals surface area contributed by atoms with Gasteiger partial charge in [-0.2, -0.15) is 0 Å². The van der Waals surface area contributed by atoms with E-state index in [4.69, 9.17) is 0 Å². The van der Waals surface area contributed by atoms with Crippen molar-refractivity contribution in [1.82, 2.24) is 0 Å². The molecule has 0 amide bonds. The largest absolute Gasteiger partial charge is 0.508 e. The molecular weight excluding hydrogens is 661 g/mol. The van der Waals surface area contributed by atoms with Crippen molar-refractivity contribution in [3.8, 4) is 11.5 Å². The summed E-state index contributed by atoms with van der Waals surface area (Å²) in [5.41, 5.74) is 8.35. The molecule has 2 N–H and O–H groups in total. The number of hydrogen-bond acceptors (Lipinski definition) is 4. The Morgan fingerprint density at radius 1 is 0.333 bits per heavy atom. The van der Waals surface area contributed by atoms with E-state index in [2.05, 4.69) is 173 Å². The highest BCUT2D eigenvalue weighted by Crippen LogP contribution is 2.48. The predicted molar refractivity (Wildman–Crippen MR) is 229 cm³/mol. The van der Waals surface area contributed by atoms with Crippen LogP contribution in [0.25, 0.3) is 32.3 Å². The van der Waals surface area contributed by atoms with Crippen LogP contribution < -0.4 is 9.80 Å². The van der Waals surface area contributed by atoms with Crippen LogP contribution in [0.4, 0.5) is 34.1 Å². The van der Waals surface area contributed by atoms with Crippen LogP contribution in [-0.4, -0.2) is 10.2 Å². The Morgan fingerprint density at radius 3 is 1.02 bits per heavy atom. The van der Waals surface area contributed by atoms with Gasteiger partial charge in [0.05, 0.1) is 11.4 Å². The van der Waals surface area contributed by atoms with E-state index in [1.807, 2.05) is 24.3 Å². The second kappa shape index (κ2) is 13.3. The number of phenols is 2. The molecule has 0 atom stereocenters. The Kier molecular flexibility index (Phi) is 8.57. The number of benzene rings is 8. The van der Waals surface area contributed by atoms with Crippen molar-refractivity contribution < 1.29 is 10.2 Å². The van der Waals surface area contributed by atoms with Crippen LogP contribution in [0.5, 0.6) is 11.5 Å². The summed E-state index contributed by atoms with van der Waals surface area (Å²) < 4.78 is 0. The third-order valence-corrected chi connectivity index (χ3v) is 10.5. The maximum atomic E-state index is 10.7. The van der Waals surface area contributed by atoms with Crippen LogP contribution in [-0.2, 0) is 10.8 Å². The zero-order valence-corrected chi connectivity index (χ0v) is 31.8. The maximum absolute atomic E-state index is 10.7. The smallest absolute Gasteiger partial charge is 0.117 e. The molecule has 0 heterocycles. The first kappa shape index (κ1) is 34.8. The molecule has 8 aromatic carbocycles. The van der Waals surface area contributed by atoms with Crippen molar-refractivity contribution in [3.63, 3.8) is 0 Å². The fourth-order valence-electron chi connectivity index (χ4n) is 7.62. The molecule has 0 saturated heterocycles. The lowest BCUT2D eigenvalue weighted by Gasteiger charge is -2.30. The lowest BCUT2D eigenvalue weighted by Crippen LogP contribution is -2.14. The van der Waals surface area contributed by atoms with Gasteiger partial charge in [0.2, 0.25) is 0 Å². The van der Waals surface area contributed by atoms with Crippen LogP contribution in [0.2, 0.25) is 0 Å². The van der Waals surface area contributed by atoms with E-state index >= 15 is 0 Å². The zero-order valence-electron chi connectivity index (χ0n) is 31.8. The minimum Gasteiger partial charge on any atom is -0.508 e. The summed E-state index contributed by atoms with van der Waals surface area (Å²) in [5, 5.41) is 28.1. The summed E-state index contributed by atoms with van der Waals surface area (Å²) in [6.45, 7) is 13.4. The van der Waals surface area contributed by atoms with Gasteiger partial charge in [0.25, 0.3) is 0 Å². The zero-order chi connectivity index (χ0) is 37.8. The van der Waals surface area contributed by atoms with E-state index in [9.17, 15) is 10.2 Å². The third kappa shape index (κ3) is 6.39. The molecular formula is C50H46N2O2. The maximum Gasteiger partial charge on any atom is 0.117 e. The van der Waals surface area contributed by atoms with Crippen molar-refractivity contribution in [2.24, 2.45) is 0 Å². The SMILES string of the molecule is CC(C)(C)c1ccc(N(c2cccc(O)c2)c2cc3c4ccccc4c(N(c4ccc(C(C)(C)C)cc4)c4cccc(O)c4)cc3c3ccccc23)cc1. The molecule has 0 radical (unpaired) electrons. The molecule has 4 nitrogen and oxygen atoms in total. The lowest BCUT2D eigenvalue weighted by atomic mass is 9.87. The molecule has 0 bridgehead atoms. The standard InChI is InChI=1S/C50H46N2O2/c1-49(2,3)33-21-25-35(26-22-33)51(37-13-11-15-39(53)29-37)47-31-45-42-18-8-10-20-44(42)48(32-46(45)41-17-7-9-19-43(41)47)52(38-14-12-16-40(54)30-38)36-27-23-34(24-28-36)50(4,5)6/h7-32,53-54H,1-6H3. The van der Waals surface area contributed by atoms with Crippen LogP contribution in [0.3, 0.4) is 0 Å². The van der Waals surface area contributed by atoms with Crippen molar-refractivity contribution in [3.05, 3.63) is 169 Å². The highest BCUT2D eigenvalue weighted by atomic mass is 16.3. The molecule has 0 aliphatic carbocycles. The fraction of sp³-hybridized carbons (Fsp3) is 0.160. The van der Waals surface area contributed by atoms with Crippen molar-refractivity contribution >= 4 is 66.4 Å². The number of nitrogens with zero attached hydrogens (tertiary/aromatic N) is 2. The van der Waals surface area contributed by atoms with E-state index in [0.29, 0.717) is 0 Å². The quantitative estimate of drug-likeness (QED) is 0.169. The van der Waals surface area contributed by atoms with E-state index in [1.54, 1.807) is 12.1 Å². The van der Waals surface area contributed by atoms with Crippen LogP contribution in [0.1, 0.15) is 52.7 Å². The van der Waals surface area contributed by atoms with Gasteiger partial charge in [-0.25, -0.2) is 0 Å². The van der Waals surface area contributed by atoms with Gasteiger partial charge in [-0.15, -0.1) is 0 Å². The van der Waals surface area contributed by atoms with Crippen LogP contribution >= 0.6 is 0 Å². The van der Waals surface area contributed by atoms with E-state index in [0.717, 1.165) is 66.4 Å². The molecule has 8 aromatic rings. The Bertz CT molecular complexity index is 2460. The van der Waals surface area contributed by atoms with E-state index in [1.165, 1.54) is 11.1 Å². The summed E-state index contributed by atoms with van der Waals surface area (Å²) in [7, 11) is 0. The molecule has 0 unspecified atom stereocenters. The number of hydrogen-bond donors (Lipinski definition) is 2. The minimum atomic E-state index is 0.0155. The summed E-state index contributed by atoms with van der Waals surface area (Å²) in [5.74, 6) is 0.429. The van der Waals surface area contributed by atoms with Gasteiger partial charge in [0.1, 0.15) is 11.5 Å². The summed E-state index contributed by atoms with van der Waals surface area (Å²) >= 11 is 0. The average molecular weight is 707 g/mol. The molecule has 4 heteroatoms. The van der Waals surface area contributed by atoms with Crippen molar-refractivity contribution in [2.45, 2.75) is 52.4 Å². The van der Waals surface area contributed by atoms with E-state index < -0.39 is 0 Å². The van der Waals surface area contributed by atoms with Gasteiger partial charge in [-0.3, -0.25) is 0 Å². The molecule has 0 fully saturated rings. The van der Waals surface area contributed by atoms with Gasteiger partial charge in [-0.05, 0) is 104 Å². The lowest BCUT2D eigenvalue weighted by molar-refractivity contribution is 0.475. The summed E-state index contributed by atoms with van der Waals surface area (Å²) in [6.07, 6.45) is 0. The minimum absolute atomic E-state index is 0.0155. The highest BCUT2D eigenvalue weighted by Gasteiger charge is 2.23. The molecule has 268 valence electrons. The number of aromatic hydroxyl groups is 2. The third-order valence-electron chi connectivity index (χ3n) is 10.5. The number of rotatable bonds is 6. The normalized spacial score (nSPS) is 12.0. The first-order chi connectivity index (χ1) is 25.9. The molecule has 0 aliphatic heterocycles. The molecule has 0 spiro atoms. The van der Waals surface area contributed by atoms with Crippen LogP contribution in [0, 0.1) is 0 Å². The molecule has 0 aromatic heterocycles. The summed E-state index contributed by atoms with van der Waals surface area (Å²) in [6, 6.07) is 54.4. The second-order valence-electron chi connectivity index (χ2n) is 16.3. The molecule has 0 aliphatic rings. The number of fused-ring (bicyclic) bond motifs is 5. The van der Waals surface area contributed by atoms with Crippen molar-refractivity contribution in [1.29, 1.82) is 0 Å². The van der Waals surface area contributed by atoms with Gasteiger partial charge in [-0.1, -0.05) is 126 Å². The predicted octanol–water partition coefficient (Wildman–Crippen LogP) is 14.1. The molecule has 0 saturated carbocycles. The first-order valence-electron chi connectivity index (χ1n) is 18.6. The number of anilines is 6. The Hall–Kier alpha value is -6.26. The Morgan fingerprint density at radius 2 is 0.685 bits per heavy atom. The number of phenolic OH excluding ortho intramolecular Hbond substituents is 2. The van der Waals surface area contributed by atoms with E-state index in [-0.39, 0.29) is 22.3 Å². The van der Waals surface area contributed by atoms with Gasteiger partial charge in [0, 0.05) is 45.7 Å². The summed E-state index contributed by atoms with van der Waals surface area (Å²) in [4.78, 5) is 4.51. The molecule has 8 rings (SSSR count). The van der Waals surface area contributed by atoms with Gasteiger partial charge < -0.3 is 20.0 Å². The Balaban J connectivity index is 1.43. The average Bonchev–Trinajstić information content (AvgIpc) is 3.15. The molecule has 54 heavy (non-hydrogen) atoms. The highest BCUT2D eigenvalue weighted by molar-refractivity contribution is 6.24.